The van der Waals surface area contributed by atoms with Crippen LogP contribution in [0.3, 0.4) is 0 Å². The number of Topliss-reactive ketones (excluding diaryl/α,β-unsaturated/α-hetero) is 1. The molecule has 1 aliphatic rings. The number of carbonyl (C=O) groups is 2. The van der Waals surface area contributed by atoms with Crippen molar-refractivity contribution in [2.75, 3.05) is 13.1 Å². The van der Waals surface area contributed by atoms with E-state index in [-0.39, 0.29) is 12.3 Å². The third-order valence-electron chi connectivity index (χ3n) is 3.71. The van der Waals surface area contributed by atoms with Gasteiger partial charge in [-0.25, -0.2) is 4.79 Å². The molecular weight excluding hydrogens is 388 g/mol. The SMILES string of the molecule is CC(C)(C)OC(=O)N1CCCC1C([O-])=NCC(=O)c1ccc(Br)cc1. The summed E-state index contributed by atoms with van der Waals surface area (Å²) in [6.07, 6.45) is 0.734. The predicted octanol–water partition coefficient (Wildman–Crippen LogP) is 2.79. The van der Waals surface area contributed by atoms with Gasteiger partial charge in [-0.1, -0.05) is 28.1 Å². The zero-order chi connectivity index (χ0) is 18.6. The zero-order valence-corrected chi connectivity index (χ0v) is 16.2. The molecule has 6 nitrogen and oxygen atoms in total. The molecule has 1 aromatic rings. The van der Waals surface area contributed by atoms with Crippen molar-refractivity contribution in [3.8, 4) is 0 Å². The molecule has 1 fully saturated rings. The van der Waals surface area contributed by atoms with Gasteiger partial charge in [0.15, 0.2) is 5.78 Å². The minimum Gasteiger partial charge on any atom is -0.861 e. The van der Waals surface area contributed by atoms with Crippen molar-refractivity contribution >= 4 is 33.7 Å². The molecule has 25 heavy (non-hydrogen) atoms. The van der Waals surface area contributed by atoms with Crippen LogP contribution in [0.15, 0.2) is 33.7 Å². The van der Waals surface area contributed by atoms with Crippen molar-refractivity contribution in [1.29, 1.82) is 0 Å². The van der Waals surface area contributed by atoms with E-state index in [9.17, 15) is 14.7 Å². The Morgan fingerprint density at radius 1 is 1.32 bits per heavy atom. The van der Waals surface area contributed by atoms with E-state index in [1.807, 2.05) is 0 Å². The molecule has 1 aliphatic heterocycles. The number of ether oxygens (including phenoxy) is 1. The van der Waals surface area contributed by atoms with Crippen molar-refractivity contribution < 1.29 is 19.4 Å². The number of nitrogens with zero attached hydrogens (tertiary/aromatic N) is 2. The van der Waals surface area contributed by atoms with Gasteiger partial charge in [-0.05, 0) is 51.6 Å². The number of hydrogen-bond acceptors (Lipinski definition) is 5. The van der Waals surface area contributed by atoms with Crippen LogP contribution in [0.4, 0.5) is 4.79 Å². The van der Waals surface area contributed by atoms with Crippen LogP contribution in [0.1, 0.15) is 44.0 Å². The summed E-state index contributed by atoms with van der Waals surface area (Å²) in [7, 11) is 0. The molecule has 1 unspecified atom stereocenters. The van der Waals surface area contributed by atoms with Gasteiger partial charge in [0.1, 0.15) is 12.1 Å². The molecule has 1 saturated heterocycles. The first-order chi connectivity index (χ1) is 11.7. The van der Waals surface area contributed by atoms with Crippen molar-refractivity contribution in [2.45, 2.75) is 45.3 Å². The summed E-state index contributed by atoms with van der Waals surface area (Å²) < 4.78 is 6.20. The fraction of sp³-hybridized carbons (Fsp3) is 0.500. The maximum Gasteiger partial charge on any atom is 0.410 e. The van der Waals surface area contributed by atoms with Gasteiger partial charge in [-0.2, -0.15) is 0 Å². The Bertz CT molecular complexity index is 665. The van der Waals surface area contributed by atoms with E-state index >= 15 is 0 Å². The summed E-state index contributed by atoms with van der Waals surface area (Å²) in [5, 5.41) is 12.3. The number of ketones is 1. The average molecular weight is 410 g/mol. The topological polar surface area (TPSA) is 82.0 Å². The molecule has 0 N–H and O–H groups in total. The van der Waals surface area contributed by atoms with Gasteiger partial charge in [0.2, 0.25) is 0 Å². The maximum atomic E-state index is 12.3. The number of likely N-dealkylation sites (tertiary alicyclic amines) is 1. The van der Waals surface area contributed by atoms with Gasteiger partial charge in [0.05, 0.1) is 6.04 Å². The molecule has 2 rings (SSSR count). The number of halogens is 1. The summed E-state index contributed by atoms with van der Waals surface area (Å²) in [4.78, 5) is 29.6. The molecule has 1 atom stereocenters. The maximum absolute atomic E-state index is 12.3. The smallest absolute Gasteiger partial charge is 0.410 e. The van der Waals surface area contributed by atoms with Gasteiger partial charge in [0.25, 0.3) is 0 Å². The fourth-order valence-electron chi connectivity index (χ4n) is 2.54. The van der Waals surface area contributed by atoms with Crippen molar-refractivity contribution in [3.05, 3.63) is 34.3 Å². The highest BCUT2D eigenvalue weighted by molar-refractivity contribution is 9.10. The highest BCUT2D eigenvalue weighted by Gasteiger charge is 2.32. The zero-order valence-electron chi connectivity index (χ0n) is 14.6. The number of benzene rings is 1. The fourth-order valence-corrected chi connectivity index (χ4v) is 2.81. The van der Waals surface area contributed by atoms with Crippen LogP contribution in [0.25, 0.3) is 0 Å². The van der Waals surface area contributed by atoms with Crippen LogP contribution < -0.4 is 5.11 Å². The number of amides is 1. The van der Waals surface area contributed by atoms with Crippen molar-refractivity contribution in [2.24, 2.45) is 4.99 Å². The first-order valence-electron chi connectivity index (χ1n) is 8.17. The third-order valence-corrected chi connectivity index (χ3v) is 4.24. The van der Waals surface area contributed by atoms with E-state index in [0.29, 0.717) is 24.9 Å². The van der Waals surface area contributed by atoms with Gasteiger partial charge >= 0.3 is 6.09 Å². The summed E-state index contributed by atoms with van der Waals surface area (Å²) in [6.45, 7) is 5.57. The molecule has 7 heteroatoms. The molecule has 0 radical (unpaired) electrons. The number of rotatable bonds is 4. The summed E-state index contributed by atoms with van der Waals surface area (Å²) in [5.74, 6) is -0.684. The van der Waals surface area contributed by atoms with E-state index in [1.165, 1.54) is 4.90 Å². The Morgan fingerprint density at radius 2 is 1.96 bits per heavy atom. The van der Waals surface area contributed by atoms with Crippen LogP contribution in [-0.2, 0) is 4.74 Å². The second-order valence-electron chi connectivity index (χ2n) is 6.92. The standard InChI is InChI=1S/C18H23BrN2O4/c1-18(2,3)25-17(24)21-10-4-5-14(21)16(23)20-11-15(22)12-6-8-13(19)9-7-12/h6-9,14H,4-5,10-11H2,1-3H3,(H,20,23)/p-1. The quantitative estimate of drug-likeness (QED) is 0.434. The van der Waals surface area contributed by atoms with E-state index in [0.717, 1.165) is 4.47 Å². The summed E-state index contributed by atoms with van der Waals surface area (Å²) >= 11 is 3.30. The third kappa shape index (κ3) is 5.56. The first kappa shape index (κ1) is 19.4. The highest BCUT2D eigenvalue weighted by atomic mass is 79.9. The normalized spacial score (nSPS) is 18.3. The Kier molecular flexibility index (Phi) is 6.21. The Morgan fingerprint density at radius 3 is 2.56 bits per heavy atom. The number of aliphatic imine (C=N–C) groups is 1. The molecule has 0 bridgehead atoms. The Balaban J connectivity index is 2.01. The molecule has 0 aliphatic carbocycles. The van der Waals surface area contributed by atoms with E-state index in [4.69, 9.17) is 4.74 Å². The van der Waals surface area contributed by atoms with Gasteiger partial charge in [0, 0.05) is 16.6 Å². The van der Waals surface area contributed by atoms with E-state index in [2.05, 4.69) is 20.9 Å². The molecular formula is C18H22BrN2O4-. The summed E-state index contributed by atoms with van der Waals surface area (Å²) in [6, 6.07) is 6.23. The van der Waals surface area contributed by atoms with Crippen LogP contribution in [0.2, 0.25) is 0 Å². The lowest BCUT2D eigenvalue weighted by Crippen LogP contribution is -2.47. The highest BCUT2D eigenvalue weighted by Crippen LogP contribution is 2.21. The van der Waals surface area contributed by atoms with E-state index < -0.39 is 23.6 Å². The van der Waals surface area contributed by atoms with Gasteiger partial charge in [-0.15, -0.1) is 0 Å². The van der Waals surface area contributed by atoms with Crippen LogP contribution >= 0.6 is 15.9 Å². The first-order valence-corrected chi connectivity index (χ1v) is 8.96. The number of hydrogen-bond donors (Lipinski definition) is 0. The monoisotopic (exact) mass is 409 g/mol. The van der Waals surface area contributed by atoms with Crippen LogP contribution in [-0.4, -0.2) is 47.4 Å². The molecule has 1 aromatic carbocycles. The van der Waals surface area contributed by atoms with Crippen molar-refractivity contribution in [3.63, 3.8) is 0 Å². The lowest BCUT2D eigenvalue weighted by atomic mass is 10.1. The molecule has 0 aromatic heterocycles. The minimum absolute atomic E-state index is 0.223. The lowest BCUT2D eigenvalue weighted by molar-refractivity contribution is -0.223. The summed E-state index contributed by atoms with van der Waals surface area (Å²) in [5.41, 5.74) is -0.128. The predicted molar refractivity (Wildman–Crippen MR) is 96.7 cm³/mol. The molecule has 136 valence electrons. The second-order valence-corrected chi connectivity index (χ2v) is 7.83. The molecule has 1 heterocycles. The second kappa shape index (κ2) is 7.99. The molecule has 0 saturated carbocycles. The van der Waals surface area contributed by atoms with Crippen molar-refractivity contribution in [1.82, 2.24) is 4.90 Å². The minimum atomic E-state index is -0.646. The van der Waals surface area contributed by atoms with Crippen LogP contribution in [0.5, 0.6) is 0 Å². The largest absolute Gasteiger partial charge is 0.861 e. The van der Waals surface area contributed by atoms with Gasteiger partial charge in [-0.3, -0.25) is 9.79 Å². The Labute approximate surface area is 156 Å². The van der Waals surface area contributed by atoms with Gasteiger partial charge < -0.3 is 14.7 Å². The Hall–Kier alpha value is -1.89. The van der Waals surface area contributed by atoms with Crippen LogP contribution in [0, 0.1) is 0 Å². The lowest BCUT2D eigenvalue weighted by Gasteiger charge is -2.31. The molecule has 0 spiro atoms. The molecule has 1 amide bonds. The average Bonchev–Trinajstić information content (AvgIpc) is 3.01. The number of carbonyl (C=O) groups excluding carboxylic acids is 2. The van der Waals surface area contributed by atoms with E-state index in [1.54, 1.807) is 45.0 Å².